The van der Waals surface area contributed by atoms with Gasteiger partial charge >= 0.3 is 0 Å². The van der Waals surface area contributed by atoms with Crippen LogP contribution in [0, 0.1) is 0 Å². The molecule has 0 bridgehead atoms. The standard InChI is InChI=1S/C12H13ClN2O/c1-3-10-11(13)4-8(5-12(10)16)9-6-14-15(2)7-9/h4-7,16H,3H2,1-2H3. The summed E-state index contributed by atoms with van der Waals surface area (Å²) in [5, 5.41) is 14.5. The number of phenols is 1. The molecule has 4 heteroatoms. The summed E-state index contributed by atoms with van der Waals surface area (Å²) in [5.41, 5.74) is 2.62. The highest BCUT2D eigenvalue weighted by molar-refractivity contribution is 6.31. The molecule has 0 aliphatic carbocycles. The van der Waals surface area contributed by atoms with Crippen LogP contribution in [0.2, 0.25) is 5.02 Å². The average Bonchev–Trinajstić information content (AvgIpc) is 2.64. The predicted octanol–water partition coefficient (Wildman–Crippen LogP) is 3.01. The Bertz CT molecular complexity index is 496. The van der Waals surface area contributed by atoms with E-state index in [0.717, 1.165) is 23.1 Å². The first kappa shape index (κ1) is 11.0. The second-order valence-electron chi connectivity index (χ2n) is 3.71. The van der Waals surface area contributed by atoms with Gasteiger partial charge in [-0.2, -0.15) is 5.10 Å². The second kappa shape index (κ2) is 4.18. The number of nitrogens with zero attached hydrogens (tertiary/aromatic N) is 2. The summed E-state index contributed by atoms with van der Waals surface area (Å²) in [6.07, 6.45) is 4.35. The van der Waals surface area contributed by atoms with Crippen molar-refractivity contribution < 1.29 is 5.11 Å². The number of aryl methyl sites for hydroxylation is 1. The largest absolute Gasteiger partial charge is 0.508 e. The number of halogens is 1. The Morgan fingerprint density at radius 3 is 2.62 bits per heavy atom. The Morgan fingerprint density at radius 1 is 1.38 bits per heavy atom. The number of rotatable bonds is 2. The lowest BCUT2D eigenvalue weighted by Gasteiger charge is -2.07. The van der Waals surface area contributed by atoms with Crippen molar-refractivity contribution in [3.8, 4) is 16.9 Å². The van der Waals surface area contributed by atoms with E-state index in [9.17, 15) is 5.11 Å². The normalized spacial score (nSPS) is 10.7. The highest BCUT2D eigenvalue weighted by Gasteiger charge is 2.09. The lowest BCUT2D eigenvalue weighted by molar-refractivity contribution is 0.469. The van der Waals surface area contributed by atoms with Crippen molar-refractivity contribution in [1.29, 1.82) is 0 Å². The van der Waals surface area contributed by atoms with Gasteiger partial charge in [-0.1, -0.05) is 18.5 Å². The molecule has 3 nitrogen and oxygen atoms in total. The molecule has 1 N–H and O–H groups in total. The third-order valence-electron chi connectivity index (χ3n) is 2.56. The van der Waals surface area contributed by atoms with Gasteiger partial charge in [0.15, 0.2) is 0 Å². The molecule has 0 saturated heterocycles. The van der Waals surface area contributed by atoms with Crippen LogP contribution in [0.1, 0.15) is 12.5 Å². The maximum absolute atomic E-state index is 9.83. The van der Waals surface area contributed by atoms with Crippen molar-refractivity contribution >= 4 is 11.6 Å². The third-order valence-corrected chi connectivity index (χ3v) is 2.90. The molecule has 0 atom stereocenters. The van der Waals surface area contributed by atoms with E-state index in [1.165, 1.54) is 0 Å². The topological polar surface area (TPSA) is 38.1 Å². The molecule has 0 aliphatic heterocycles. The Morgan fingerprint density at radius 2 is 2.12 bits per heavy atom. The second-order valence-corrected chi connectivity index (χ2v) is 4.12. The zero-order chi connectivity index (χ0) is 11.7. The van der Waals surface area contributed by atoms with E-state index >= 15 is 0 Å². The first-order valence-electron chi connectivity index (χ1n) is 5.12. The molecule has 84 valence electrons. The van der Waals surface area contributed by atoms with Gasteiger partial charge in [0.2, 0.25) is 0 Å². The molecule has 0 spiro atoms. The van der Waals surface area contributed by atoms with Gasteiger partial charge in [-0.15, -0.1) is 0 Å². The predicted molar refractivity (Wildman–Crippen MR) is 64.7 cm³/mol. The highest BCUT2D eigenvalue weighted by Crippen LogP contribution is 2.32. The van der Waals surface area contributed by atoms with E-state index in [-0.39, 0.29) is 5.75 Å². The smallest absolute Gasteiger partial charge is 0.120 e. The van der Waals surface area contributed by atoms with Gasteiger partial charge in [-0.05, 0) is 24.1 Å². The van der Waals surface area contributed by atoms with Gasteiger partial charge < -0.3 is 5.11 Å². The Hall–Kier alpha value is -1.48. The molecule has 2 aromatic rings. The lowest BCUT2D eigenvalue weighted by Crippen LogP contribution is -1.86. The minimum Gasteiger partial charge on any atom is -0.508 e. The van der Waals surface area contributed by atoms with Gasteiger partial charge in [-0.3, -0.25) is 4.68 Å². The summed E-state index contributed by atoms with van der Waals surface area (Å²) in [6.45, 7) is 1.96. The summed E-state index contributed by atoms with van der Waals surface area (Å²) < 4.78 is 1.72. The van der Waals surface area contributed by atoms with Crippen LogP contribution in [-0.2, 0) is 13.5 Å². The number of hydrogen-bond acceptors (Lipinski definition) is 2. The quantitative estimate of drug-likeness (QED) is 0.871. The van der Waals surface area contributed by atoms with E-state index in [0.29, 0.717) is 5.02 Å². The van der Waals surface area contributed by atoms with Crippen LogP contribution in [0.5, 0.6) is 5.75 Å². The minimum absolute atomic E-state index is 0.244. The molecule has 1 aromatic carbocycles. The first-order chi connectivity index (χ1) is 7.61. The minimum atomic E-state index is 0.244. The Kier molecular flexibility index (Phi) is 2.88. The number of benzene rings is 1. The molecule has 0 unspecified atom stereocenters. The van der Waals surface area contributed by atoms with Gasteiger partial charge in [0.05, 0.1) is 6.20 Å². The Labute approximate surface area is 99.3 Å². The zero-order valence-electron chi connectivity index (χ0n) is 9.24. The van der Waals surface area contributed by atoms with Crippen LogP contribution >= 0.6 is 11.6 Å². The fourth-order valence-electron chi connectivity index (χ4n) is 1.71. The van der Waals surface area contributed by atoms with Gasteiger partial charge in [0, 0.05) is 29.4 Å². The number of hydrogen-bond donors (Lipinski definition) is 1. The molecule has 0 aliphatic rings. The number of aromatic nitrogens is 2. The molecular formula is C12H13ClN2O. The lowest BCUT2D eigenvalue weighted by atomic mass is 10.0. The number of aromatic hydroxyl groups is 1. The molecule has 1 aromatic heterocycles. The molecule has 0 amide bonds. The van der Waals surface area contributed by atoms with Crippen molar-refractivity contribution in [3.05, 3.63) is 35.1 Å². The van der Waals surface area contributed by atoms with E-state index < -0.39 is 0 Å². The SMILES string of the molecule is CCc1c(O)cc(-c2cnn(C)c2)cc1Cl. The highest BCUT2D eigenvalue weighted by atomic mass is 35.5. The van der Waals surface area contributed by atoms with Gasteiger partial charge in [0.1, 0.15) is 5.75 Å². The molecule has 2 rings (SSSR count). The van der Waals surface area contributed by atoms with Gasteiger partial charge in [0.25, 0.3) is 0 Å². The van der Waals surface area contributed by atoms with Crippen LogP contribution < -0.4 is 0 Å². The maximum Gasteiger partial charge on any atom is 0.120 e. The van der Waals surface area contributed by atoms with Crippen LogP contribution in [-0.4, -0.2) is 14.9 Å². The van der Waals surface area contributed by atoms with Crippen molar-refractivity contribution in [2.24, 2.45) is 7.05 Å². The first-order valence-corrected chi connectivity index (χ1v) is 5.50. The average molecular weight is 237 g/mol. The van der Waals surface area contributed by atoms with E-state index in [4.69, 9.17) is 11.6 Å². The summed E-state index contributed by atoms with van der Waals surface area (Å²) in [7, 11) is 1.85. The van der Waals surface area contributed by atoms with Crippen LogP contribution in [0.15, 0.2) is 24.5 Å². The van der Waals surface area contributed by atoms with Crippen molar-refractivity contribution in [3.63, 3.8) is 0 Å². The molecule has 1 heterocycles. The van der Waals surface area contributed by atoms with Crippen molar-refractivity contribution in [1.82, 2.24) is 9.78 Å². The monoisotopic (exact) mass is 236 g/mol. The summed E-state index contributed by atoms with van der Waals surface area (Å²) in [4.78, 5) is 0. The van der Waals surface area contributed by atoms with E-state index in [1.807, 2.05) is 26.2 Å². The molecular weight excluding hydrogens is 224 g/mol. The Balaban J connectivity index is 2.52. The summed E-state index contributed by atoms with van der Waals surface area (Å²) >= 11 is 6.10. The summed E-state index contributed by atoms with van der Waals surface area (Å²) in [5.74, 6) is 0.244. The van der Waals surface area contributed by atoms with Crippen LogP contribution in [0.3, 0.4) is 0 Å². The molecule has 0 saturated carbocycles. The zero-order valence-corrected chi connectivity index (χ0v) is 9.99. The summed E-state index contributed by atoms with van der Waals surface area (Å²) in [6, 6.07) is 3.58. The third kappa shape index (κ3) is 1.91. The molecule has 16 heavy (non-hydrogen) atoms. The van der Waals surface area contributed by atoms with Gasteiger partial charge in [-0.25, -0.2) is 0 Å². The molecule has 0 fully saturated rings. The van der Waals surface area contributed by atoms with Crippen LogP contribution in [0.25, 0.3) is 11.1 Å². The van der Waals surface area contributed by atoms with Crippen LogP contribution in [0.4, 0.5) is 0 Å². The van der Waals surface area contributed by atoms with E-state index in [1.54, 1.807) is 16.9 Å². The fraction of sp³-hybridized carbons (Fsp3) is 0.250. The maximum atomic E-state index is 9.83. The van der Waals surface area contributed by atoms with Crippen molar-refractivity contribution in [2.75, 3.05) is 0 Å². The molecule has 0 radical (unpaired) electrons. The van der Waals surface area contributed by atoms with Crippen molar-refractivity contribution in [2.45, 2.75) is 13.3 Å². The number of phenolic OH excluding ortho intramolecular Hbond substituents is 1. The fourth-order valence-corrected chi connectivity index (χ4v) is 2.06. The van der Waals surface area contributed by atoms with E-state index in [2.05, 4.69) is 5.10 Å².